The molecular weight excluding hydrogens is 176 g/mol. The number of halogens is 3. The third-order valence-corrected chi connectivity index (χ3v) is 0.944. The summed E-state index contributed by atoms with van der Waals surface area (Å²) >= 11 is 1.59. The number of thiophene rings is 1. The van der Waals surface area contributed by atoms with Gasteiger partial charge in [0.1, 0.15) is 0 Å². The van der Waals surface area contributed by atoms with Crippen molar-refractivity contribution in [2.24, 2.45) is 0 Å². The molecule has 0 nitrogen and oxygen atoms in total. The van der Waals surface area contributed by atoms with Gasteiger partial charge in [-0.05, 0) is 0 Å². The second kappa shape index (κ2) is 16.1. The topological polar surface area (TPSA) is 0 Å². The molecule has 1 aromatic rings. The normalized spacial score (nSPS) is 4.44. The molecule has 0 bridgehead atoms. The van der Waals surface area contributed by atoms with Gasteiger partial charge in [0, 0.05) is 0 Å². The quantitative estimate of drug-likeness (QED) is 0.357. The molecule has 1 rings (SSSR count). The molecule has 9 heavy (non-hydrogen) atoms. The molecule has 0 amide bonds. The first-order valence-electron chi connectivity index (χ1n) is 1.40. The molecule has 0 aliphatic carbocycles. The SMILES string of the molecule is F.F.F.[K+].[c-]1cccs1. The van der Waals surface area contributed by atoms with Gasteiger partial charge in [0.05, 0.1) is 0 Å². The Bertz CT molecular complexity index is 72.3. The van der Waals surface area contributed by atoms with Crippen molar-refractivity contribution in [2.75, 3.05) is 0 Å². The summed E-state index contributed by atoms with van der Waals surface area (Å²) in [6, 6.07) is 3.86. The summed E-state index contributed by atoms with van der Waals surface area (Å²) in [6.45, 7) is 0. The fourth-order valence-corrected chi connectivity index (χ4v) is 0.589. The van der Waals surface area contributed by atoms with Gasteiger partial charge in [-0.25, -0.2) is 6.07 Å². The maximum atomic E-state index is 2.90. The number of hydrogen-bond acceptors (Lipinski definition) is 1. The van der Waals surface area contributed by atoms with Crippen molar-refractivity contribution in [2.45, 2.75) is 0 Å². The fourth-order valence-electron chi connectivity index (χ4n) is 0.196. The third kappa shape index (κ3) is 12.3. The molecule has 0 radical (unpaired) electrons. The molecule has 0 atom stereocenters. The van der Waals surface area contributed by atoms with Crippen LogP contribution in [0.4, 0.5) is 14.1 Å². The maximum absolute atomic E-state index is 2.90. The average molecular weight is 182 g/mol. The molecule has 0 spiro atoms. The molecule has 0 unspecified atom stereocenters. The van der Waals surface area contributed by atoms with Crippen LogP contribution in [0.25, 0.3) is 0 Å². The zero-order valence-electron chi connectivity index (χ0n) is 4.87. The predicted molar refractivity (Wildman–Crippen MR) is 30.7 cm³/mol. The summed E-state index contributed by atoms with van der Waals surface area (Å²) in [5, 5.41) is 4.89. The predicted octanol–water partition coefficient (Wildman–Crippen LogP) is -0.990. The van der Waals surface area contributed by atoms with E-state index in [0.717, 1.165) is 0 Å². The van der Waals surface area contributed by atoms with Crippen LogP contribution in [0.15, 0.2) is 17.5 Å². The zero-order chi connectivity index (χ0) is 3.54. The fraction of sp³-hybridized carbons (Fsp3) is 0. The van der Waals surface area contributed by atoms with E-state index in [1.807, 2.05) is 17.5 Å². The summed E-state index contributed by atoms with van der Waals surface area (Å²) in [5.74, 6) is 0. The van der Waals surface area contributed by atoms with Crippen molar-refractivity contribution in [1.82, 2.24) is 0 Å². The van der Waals surface area contributed by atoms with Gasteiger partial charge in [-0.3, -0.25) is 14.1 Å². The molecule has 0 aromatic carbocycles. The van der Waals surface area contributed by atoms with Gasteiger partial charge in [-0.1, -0.05) is 0 Å². The molecule has 0 fully saturated rings. The van der Waals surface area contributed by atoms with Gasteiger partial charge in [0.25, 0.3) is 0 Å². The molecule has 0 aliphatic heterocycles. The Balaban J connectivity index is -0.0000000312. The second-order valence-electron chi connectivity index (χ2n) is 0.731. The summed E-state index contributed by atoms with van der Waals surface area (Å²) in [7, 11) is 0. The van der Waals surface area contributed by atoms with Gasteiger partial charge in [0.2, 0.25) is 0 Å². The van der Waals surface area contributed by atoms with Crippen LogP contribution in [0.5, 0.6) is 0 Å². The summed E-state index contributed by atoms with van der Waals surface area (Å²) in [5.41, 5.74) is 0. The van der Waals surface area contributed by atoms with Crippen LogP contribution in [0.3, 0.4) is 0 Å². The molecule has 50 valence electrons. The number of hydrogen-bond donors (Lipinski definition) is 0. The first-order valence-corrected chi connectivity index (χ1v) is 2.27. The first-order chi connectivity index (χ1) is 2.50. The minimum absolute atomic E-state index is 0. The van der Waals surface area contributed by atoms with Crippen LogP contribution in [-0.2, 0) is 0 Å². The molecule has 1 heterocycles. The van der Waals surface area contributed by atoms with E-state index in [-0.39, 0.29) is 65.5 Å². The van der Waals surface area contributed by atoms with Crippen molar-refractivity contribution >= 4 is 11.3 Å². The maximum Gasteiger partial charge on any atom is 1.00 e. The van der Waals surface area contributed by atoms with Crippen molar-refractivity contribution in [1.29, 1.82) is 0 Å². The first kappa shape index (κ1) is 22.5. The Morgan fingerprint density at radius 2 is 1.67 bits per heavy atom. The third-order valence-electron chi connectivity index (χ3n) is 0.379. The average Bonchev–Trinajstić information content (AvgIpc) is 1.76. The van der Waals surface area contributed by atoms with Crippen LogP contribution < -0.4 is 51.4 Å². The minimum Gasteiger partial charge on any atom is -0.304 e. The monoisotopic (exact) mass is 182 g/mol. The zero-order valence-corrected chi connectivity index (χ0v) is 8.80. The molecule has 5 heteroatoms. The second-order valence-corrected chi connectivity index (χ2v) is 1.47. The van der Waals surface area contributed by atoms with Crippen molar-refractivity contribution < 1.29 is 65.5 Å². The Labute approximate surface area is 98.2 Å². The van der Waals surface area contributed by atoms with E-state index in [0.29, 0.717) is 0 Å². The molecule has 0 saturated carbocycles. The Hall–Kier alpha value is 1.13. The van der Waals surface area contributed by atoms with Crippen LogP contribution in [0.1, 0.15) is 0 Å². The Morgan fingerprint density at radius 1 is 1.11 bits per heavy atom. The summed E-state index contributed by atoms with van der Waals surface area (Å²) in [4.78, 5) is 0. The van der Waals surface area contributed by atoms with Gasteiger partial charge in [0.15, 0.2) is 0 Å². The largest absolute Gasteiger partial charge is 1.00 e. The van der Waals surface area contributed by atoms with E-state index in [1.54, 1.807) is 11.3 Å². The van der Waals surface area contributed by atoms with E-state index in [2.05, 4.69) is 5.38 Å². The molecular formula is C4H6F3KS. The standard InChI is InChI=1S/C4H3S.3FH.K/c1-2-4-5-3-1;;;;/h1-3H;3*1H;/q-1;;;;+1. The molecule has 0 aliphatic rings. The van der Waals surface area contributed by atoms with E-state index in [1.165, 1.54) is 0 Å². The van der Waals surface area contributed by atoms with E-state index < -0.39 is 0 Å². The molecule has 1 aromatic heterocycles. The van der Waals surface area contributed by atoms with Crippen molar-refractivity contribution in [3.8, 4) is 0 Å². The Kier molecular flexibility index (Phi) is 40.1. The molecule has 0 saturated heterocycles. The van der Waals surface area contributed by atoms with Crippen LogP contribution in [0, 0.1) is 5.38 Å². The summed E-state index contributed by atoms with van der Waals surface area (Å²) < 4.78 is 0. The van der Waals surface area contributed by atoms with Crippen molar-refractivity contribution in [3.05, 3.63) is 22.9 Å². The Morgan fingerprint density at radius 3 is 1.78 bits per heavy atom. The van der Waals surface area contributed by atoms with E-state index in [4.69, 9.17) is 0 Å². The smallest absolute Gasteiger partial charge is 0.304 e. The van der Waals surface area contributed by atoms with Gasteiger partial charge < -0.3 is 11.3 Å². The van der Waals surface area contributed by atoms with Gasteiger partial charge >= 0.3 is 51.4 Å². The van der Waals surface area contributed by atoms with Gasteiger partial charge in [-0.15, -0.1) is 5.38 Å². The van der Waals surface area contributed by atoms with Crippen LogP contribution in [-0.4, -0.2) is 0 Å². The summed E-state index contributed by atoms with van der Waals surface area (Å²) in [6.07, 6.45) is 0. The van der Waals surface area contributed by atoms with E-state index in [9.17, 15) is 0 Å². The van der Waals surface area contributed by atoms with Crippen molar-refractivity contribution in [3.63, 3.8) is 0 Å². The van der Waals surface area contributed by atoms with Crippen LogP contribution >= 0.6 is 11.3 Å². The van der Waals surface area contributed by atoms with Gasteiger partial charge in [-0.2, -0.15) is 11.4 Å². The van der Waals surface area contributed by atoms with E-state index >= 15 is 0 Å². The van der Waals surface area contributed by atoms with Crippen LogP contribution in [0.2, 0.25) is 0 Å². The molecule has 0 N–H and O–H groups in total. The number of rotatable bonds is 0. The minimum atomic E-state index is 0.